The van der Waals surface area contributed by atoms with Crippen molar-refractivity contribution in [2.24, 2.45) is 7.05 Å². The van der Waals surface area contributed by atoms with E-state index in [2.05, 4.69) is 17.3 Å². The highest BCUT2D eigenvalue weighted by Crippen LogP contribution is 2.26. The van der Waals surface area contributed by atoms with Crippen LogP contribution in [0.4, 0.5) is 0 Å². The predicted octanol–water partition coefficient (Wildman–Crippen LogP) is 3.46. The number of nitrogens with zero attached hydrogens (tertiary/aromatic N) is 2. The fourth-order valence-corrected chi connectivity index (χ4v) is 2.39. The van der Waals surface area contributed by atoms with Gasteiger partial charge >= 0.3 is 0 Å². The zero-order chi connectivity index (χ0) is 15.2. The Balaban J connectivity index is 1.96. The zero-order valence-electron chi connectivity index (χ0n) is 12.8. The summed E-state index contributed by atoms with van der Waals surface area (Å²) in [6, 6.07) is 7.93. The zero-order valence-corrected chi connectivity index (χ0v) is 13.6. The highest BCUT2D eigenvalue weighted by Gasteiger charge is 2.06. The fourth-order valence-electron chi connectivity index (χ4n) is 2.13. The molecule has 2 aromatic rings. The lowest BCUT2D eigenvalue weighted by Crippen LogP contribution is -2.13. The van der Waals surface area contributed by atoms with Crippen LogP contribution in [0.25, 0.3) is 0 Å². The van der Waals surface area contributed by atoms with Gasteiger partial charge in [0.2, 0.25) is 0 Å². The maximum Gasteiger partial charge on any atom is 0.138 e. The van der Waals surface area contributed by atoms with Gasteiger partial charge in [-0.25, -0.2) is 0 Å². The number of aryl methyl sites for hydroxylation is 2. The number of rotatable bonds is 7. The summed E-state index contributed by atoms with van der Waals surface area (Å²) in [5, 5.41) is 8.30. The topological polar surface area (TPSA) is 39.1 Å². The van der Waals surface area contributed by atoms with Crippen LogP contribution in [0, 0.1) is 6.92 Å². The van der Waals surface area contributed by atoms with Crippen LogP contribution < -0.4 is 10.1 Å². The van der Waals surface area contributed by atoms with Crippen LogP contribution in [0.3, 0.4) is 0 Å². The van der Waals surface area contributed by atoms with Gasteiger partial charge in [0.1, 0.15) is 12.4 Å². The summed E-state index contributed by atoms with van der Waals surface area (Å²) >= 11 is 6.28. The summed E-state index contributed by atoms with van der Waals surface area (Å²) < 4.78 is 7.61. The van der Waals surface area contributed by atoms with E-state index in [0.717, 1.165) is 36.5 Å². The lowest BCUT2D eigenvalue weighted by Gasteiger charge is -2.10. The van der Waals surface area contributed by atoms with Gasteiger partial charge in [-0.1, -0.05) is 24.6 Å². The average Bonchev–Trinajstić information content (AvgIpc) is 2.76. The molecule has 21 heavy (non-hydrogen) atoms. The highest BCUT2D eigenvalue weighted by molar-refractivity contribution is 6.32. The second-order valence-corrected chi connectivity index (χ2v) is 5.54. The predicted molar refractivity (Wildman–Crippen MR) is 85.7 cm³/mol. The van der Waals surface area contributed by atoms with Crippen LogP contribution >= 0.6 is 11.6 Å². The molecule has 0 fully saturated rings. The molecule has 0 saturated carbocycles. The van der Waals surface area contributed by atoms with Gasteiger partial charge < -0.3 is 10.1 Å². The lowest BCUT2D eigenvalue weighted by molar-refractivity contribution is 0.295. The van der Waals surface area contributed by atoms with Crippen LogP contribution in [-0.2, 0) is 20.2 Å². The second-order valence-electron chi connectivity index (χ2n) is 5.13. The quantitative estimate of drug-likeness (QED) is 0.796. The van der Waals surface area contributed by atoms with Crippen molar-refractivity contribution in [1.82, 2.24) is 15.1 Å². The van der Waals surface area contributed by atoms with Gasteiger partial charge in [-0.15, -0.1) is 0 Å². The summed E-state index contributed by atoms with van der Waals surface area (Å²) in [4.78, 5) is 0. The average molecular weight is 308 g/mol. The van der Waals surface area contributed by atoms with Crippen LogP contribution in [0.1, 0.15) is 30.3 Å². The molecule has 0 aliphatic rings. The van der Waals surface area contributed by atoms with Crippen molar-refractivity contribution in [3.05, 3.63) is 46.2 Å². The molecule has 0 radical (unpaired) electrons. The number of nitrogens with one attached hydrogen (secondary N) is 1. The molecule has 1 aromatic carbocycles. The first-order chi connectivity index (χ1) is 10.1. The minimum Gasteiger partial charge on any atom is -0.486 e. The minimum atomic E-state index is 0.463. The van der Waals surface area contributed by atoms with E-state index in [0.29, 0.717) is 17.4 Å². The van der Waals surface area contributed by atoms with Gasteiger partial charge in [-0.2, -0.15) is 5.10 Å². The standard InChI is InChI=1S/C16H22ClN3O/c1-4-7-18-10-13-5-6-16(15(17)9-13)21-11-14-8-12(2)19-20(14)3/h5-6,8-9,18H,4,7,10-11H2,1-3H3. The van der Waals surface area contributed by atoms with E-state index in [1.807, 2.05) is 42.9 Å². The molecule has 1 N–H and O–H groups in total. The Kier molecular flexibility index (Phi) is 5.65. The van der Waals surface area contributed by atoms with E-state index in [4.69, 9.17) is 16.3 Å². The highest BCUT2D eigenvalue weighted by atomic mass is 35.5. The first-order valence-corrected chi connectivity index (χ1v) is 7.59. The Morgan fingerprint density at radius 3 is 2.76 bits per heavy atom. The van der Waals surface area contributed by atoms with Gasteiger partial charge in [0.05, 0.1) is 16.4 Å². The Bertz CT molecular complexity index is 595. The van der Waals surface area contributed by atoms with E-state index in [-0.39, 0.29) is 0 Å². The van der Waals surface area contributed by atoms with E-state index < -0.39 is 0 Å². The number of benzene rings is 1. The normalized spacial score (nSPS) is 10.9. The Morgan fingerprint density at radius 1 is 1.33 bits per heavy atom. The first-order valence-electron chi connectivity index (χ1n) is 7.21. The summed E-state index contributed by atoms with van der Waals surface area (Å²) in [6.45, 7) is 6.42. The minimum absolute atomic E-state index is 0.463. The fraction of sp³-hybridized carbons (Fsp3) is 0.438. The summed E-state index contributed by atoms with van der Waals surface area (Å²) in [5.74, 6) is 0.703. The summed E-state index contributed by atoms with van der Waals surface area (Å²) in [7, 11) is 1.91. The SMILES string of the molecule is CCCNCc1ccc(OCc2cc(C)nn2C)c(Cl)c1. The molecular formula is C16H22ClN3O. The van der Waals surface area contributed by atoms with Crippen molar-refractivity contribution in [2.75, 3.05) is 6.54 Å². The number of aromatic nitrogens is 2. The molecule has 0 aliphatic heterocycles. The molecule has 4 nitrogen and oxygen atoms in total. The summed E-state index contributed by atoms with van der Waals surface area (Å²) in [5.41, 5.74) is 3.17. The number of halogens is 1. The number of ether oxygens (including phenoxy) is 1. The molecule has 0 bridgehead atoms. The third kappa shape index (κ3) is 4.48. The molecule has 0 saturated heterocycles. The van der Waals surface area contributed by atoms with Crippen molar-refractivity contribution in [3.63, 3.8) is 0 Å². The van der Waals surface area contributed by atoms with Gasteiger partial charge in [-0.05, 0) is 43.7 Å². The van der Waals surface area contributed by atoms with E-state index in [1.54, 1.807) is 0 Å². The van der Waals surface area contributed by atoms with Crippen molar-refractivity contribution in [2.45, 2.75) is 33.4 Å². The molecule has 0 spiro atoms. The third-order valence-corrected chi connectivity index (χ3v) is 3.52. The maximum absolute atomic E-state index is 6.28. The maximum atomic E-state index is 6.28. The third-order valence-electron chi connectivity index (χ3n) is 3.23. The monoisotopic (exact) mass is 307 g/mol. The molecule has 0 amide bonds. The first kappa shape index (κ1) is 15.9. The smallest absolute Gasteiger partial charge is 0.138 e. The van der Waals surface area contributed by atoms with Crippen molar-refractivity contribution in [3.8, 4) is 5.75 Å². The Hall–Kier alpha value is -1.52. The second kappa shape index (κ2) is 7.48. The van der Waals surface area contributed by atoms with Gasteiger partial charge in [-0.3, -0.25) is 4.68 Å². The van der Waals surface area contributed by atoms with Crippen LogP contribution in [-0.4, -0.2) is 16.3 Å². The molecule has 0 aliphatic carbocycles. The molecule has 1 aromatic heterocycles. The molecule has 114 valence electrons. The molecule has 0 unspecified atom stereocenters. The van der Waals surface area contributed by atoms with Gasteiger partial charge in [0.25, 0.3) is 0 Å². The van der Waals surface area contributed by atoms with Gasteiger partial charge in [0, 0.05) is 13.6 Å². The lowest BCUT2D eigenvalue weighted by atomic mass is 10.2. The van der Waals surface area contributed by atoms with Crippen molar-refractivity contribution < 1.29 is 4.74 Å². The van der Waals surface area contributed by atoms with Gasteiger partial charge in [0.15, 0.2) is 0 Å². The molecular weight excluding hydrogens is 286 g/mol. The molecule has 1 heterocycles. The number of hydrogen-bond acceptors (Lipinski definition) is 3. The largest absolute Gasteiger partial charge is 0.486 e. The Labute approximate surface area is 131 Å². The van der Waals surface area contributed by atoms with Crippen molar-refractivity contribution >= 4 is 11.6 Å². The van der Waals surface area contributed by atoms with Crippen LogP contribution in [0.2, 0.25) is 5.02 Å². The number of hydrogen-bond donors (Lipinski definition) is 1. The molecule has 2 rings (SSSR count). The van der Waals surface area contributed by atoms with Crippen molar-refractivity contribution in [1.29, 1.82) is 0 Å². The van der Waals surface area contributed by atoms with Crippen LogP contribution in [0.5, 0.6) is 5.75 Å². The summed E-state index contributed by atoms with van der Waals surface area (Å²) in [6.07, 6.45) is 1.12. The van der Waals surface area contributed by atoms with E-state index >= 15 is 0 Å². The van der Waals surface area contributed by atoms with E-state index in [9.17, 15) is 0 Å². The Morgan fingerprint density at radius 2 is 2.14 bits per heavy atom. The molecule has 0 atom stereocenters. The molecule has 5 heteroatoms. The van der Waals surface area contributed by atoms with E-state index in [1.165, 1.54) is 0 Å². The van der Waals surface area contributed by atoms with Crippen LogP contribution in [0.15, 0.2) is 24.3 Å².